The third-order valence-corrected chi connectivity index (χ3v) is 6.54. The molecule has 172 valence electrons. The second kappa shape index (κ2) is 9.58. The van der Waals surface area contributed by atoms with E-state index < -0.39 is 11.7 Å². The highest BCUT2D eigenvalue weighted by molar-refractivity contribution is 5.93. The number of ether oxygens (including phenoxy) is 1. The molecule has 1 spiro atoms. The number of hydrogen-bond donors (Lipinski definition) is 1. The van der Waals surface area contributed by atoms with Crippen molar-refractivity contribution in [2.75, 3.05) is 26.2 Å². The average molecular weight is 448 g/mol. The summed E-state index contributed by atoms with van der Waals surface area (Å²) in [6.07, 6.45) is 2.53. The van der Waals surface area contributed by atoms with Crippen LogP contribution in [0.4, 0.5) is 13.2 Å². The van der Waals surface area contributed by atoms with E-state index in [-0.39, 0.29) is 11.5 Å². The molecule has 1 amide bonds. The fourth-order valence-electron chi connectivity index (χ4n) is 4.67. The second-order valence-electron chi connectivity index (χ2n) is 8.81. The van der Waals surface area contributed by atoms with Crippen LogP contribution in [0.15, 0.2) is 48.8 Å². The van der Waals surface area contributed by atoms with Gasteiger partial charge in [-0.2, -0.15) is 13.2 Å². The number of rotatable bonds is 5. The Labute approximate surface area is 186 Å². The Hall–Kier alpha value is -2.45. The van der Waals surface area contributed by atoms with Crippen LogP contribution < -0.4 is 5.32 Å². The molecular formula is C24H28F3N3O2. The number of nitrogens with zero attached hydrogens (tertiary/aromatic N) is 2. The van der Waals surface area contributed by atoms with Crippen molar-refractivity contribution < 1.29 is 22.7 Å². The molecule has 4 rings (SSSR count). The molecule has 0 aliphatic carbocycles. The number of alkyl halides is 3. The average Bonchev–Trinajstić information content (AvgIpc) is 2.80. The predicted octanol–water partition coefficient (Wildman–Crippen LogP) is 4.29. The lowest BCUT2D eigenvalue weighted by Gasteiger charge is -2.46. The summed E-state index contributed by atoms with van der Waals surface area (Å²) in [4.78, 5) is 18.5. The first-order valence-electron chi connectivity index (χ1n) is 11.0. The zero-order valence-electron chi connectivity index (χ0n) is 17.9. The van der Waals surface area contributed by atoms with Gasteiger partial charge in [-0.05, 0) is 61.4 Å². The smallest absolute Gasteiger partial charge is 0.375 e. The van der Waals surface area contributed by atoms with E-state index in [0.717, 1.165) is 56.5 Å². The fraction of sp³-hybridized carbons (Fsp3) is 0.500. The molecule has 2 aliphatic rings. The van der Waals surface area contributed by atoms with Crippen molar-refractivity contribution in [2.24, 2.45) is 5.92 Å². The first kappa shape index (κ1) is 22.7. The van der Waals surface area contributed by atoms with E-state index in [2.05, 4.69) is 15.2 Å². The fourth-order valence-corrected chi connectivity index (χ4v) is 4.67. The summed E-state index contributed by atoms with van der Waals surface area (Å²) in [5, 5.41) is 3.03. The van der Waals surface area contributed by atoms with E-state index in [0.29, 0.717) is 31.2 Å². The number of aromatic nitrogens is 1. The summed E-state index contributed by atoms with van der Waals surface area (Å²) in [6.45, 7) is 3.64. The number of likely N-dealkylation sites (tertiary alicyclic amines) is 1. The molecule has 0 bridgehead atoms. The van der Waals surface area contributed by atoms with Crippen LogP contribution in [0.5, 0.6) is 0 Å². The number of pyridine rings is 1. The molecule has 2 saturated heterocycles. The van der Waals surface area contributed by atoms with Crippen LogP contribution in [0, 0.1) is 5.92 Å². The minimum atomic E-state index is -4.30. The number of piperidine rings is 1. The predicted molar refractivity (Wildman–Crippen MR) is 114 cm³/mol. The molecule has 1 atom stereocenters. The Kier molecular flexibility index (Phi) is 6.81. The molecule has 32 heavy (non-hydrogen) atoms. The van der Waals surface area contributed by atoms with Gasteiger partial charge in [0.15, 0.2) is 0 Å². The third kappa shape index (κ3) is 5.66. The van der Waals surface area contributed by atoms with Crippen molar-refractivity contribution in [2.45, 2.75) is 44.0 Å². The SMILES string of the molecule is O=C(NCC1CCOC2(CCN(Cc3ccc(C(F)(F)F)cc3)CC2)C1)c1ccncc1. The maximum absolute atomic E-state index is 12.7. The van der Waals surface area contributed by atoms with E-state index in [1.54, 1.807) is 36.7 Å². The highest BCUT2D eigenvalue weighted by atomic mass is 19.4. The van der Waals surface area contributed by atoms with Gasteiger partial charge in [-0.25, -0.2) is 0 Å². The Balaban J connectivity index is 1.25. The van der Waals surface area contributed by atoms with Crippen LogP contribution in [0.3, 0.4) is 0 Å². The molecule has 1 N–H and O–H groups in total. The van der Waals surface area contributed by atoms with Gasteiger partial charge in [-0.1, -0.05) is 12.1 Å². The standard InChI is InChI=1S/C24H28F3N3O2/c25-24(26,27)21-3-1-18(2-4-21)17-30-12-8-23(9-13-30)15-19(7-14-32-23)16-29-22(31)20-5-10-28-11-6-20/h1-6,10-11,19H,7-9,12-17H2,(H,29,31). The highest BCUT2D eigenvalue weighted by Gasteiger charge is 2.40. The number of halogens is 3. The van der Waals surface area contributed by atoms with Gasteiger partial charge in [-0.3, -0.25) is 14.7 Å². The minimum Gasteiger partial charge on any atom is -0.375 e. The van der Waals surface area contributed by atoms with E-state index in [1.165, 1.54) is 0 Å². The van der Waals surface area contributed by atoms with Gasteiger partial charge in [0.25, 0.3) is 5.91 Å². The molecule has 2 aromatic rings. The lowest BCUT2D eigenvalue weighted by Crippen LogP contribution is -2.50. The van der Waals surface area contributed by atoms with Gasteiger partial charge < -0.3 is 10.1 Å². The van der Waals surface area contributed by atoms with Gasteiger partial charge in [0.1, 0.15) is 0 Å². The number of amides is 1. The van der Waals surface area contributed by atoms with Crippen molar-refractivity contribution >= 4 is 5.91 Å². The van der Waals surface area contributed by atoms with Crippen LogP contribution in [-0.2, 0) is 17.5 Å². The van der Waals surface area contributed by atoms with Gasteiger partial charge >= 0.3 is 6.18 Å². The molecule has 2 aliphatic heterocycles. The van der Waals surface area contributed by atoms with E-state index in [9.17, 15) is 18.0 Å². The van der Waals surface area contributed by atoms with Crippen molar-refractivity contribution in [3.05, 3.63) is 65.5 Å². The summed E-state index contributed by atoms with van der Waals surface area (Å²) >= 11 is 0. The number of carbonyl (C=O) groups is 1. The van der Waals surface area contributed by atoms with Gasteiger partial charge in [0.2, 0.25) is 0 Å². The van der Waals surface area contributed by atoms with Gasteiger partial charge in [-0.15, -0.1) is 0 Å². The zero-order valence-corrected chi connectivity index (χ0v) is 17.9. The van der Waals surface area contributed by atoms with Crippen molar-refractivity contribution in [1.29, 1.82) is 0 Å². The summed E-state index contributed by atoms with van der Waals surface area (Å²) in [5.74, 6) is 0.287. The Morgan fingerprint density at radius 2 is 1.81 bits per heavy atom. The molecule has 5 nitrogen and oxygen atoms in total. The summed E-state index contributed by atoms with van der Waals surface area (Å²) in [6, 6.07) is 8.82. The first-order valence-corrected chi connectivity index (χ1v) is 11.0. The Morgan fingerprint density at radius 3 is 2.47 bits per heavy atom. The van der Waals surface area contributed by atoms with Crippen LogP contribution >= 0.6 is 0 Å². The summed E-state index contributed by atoms with van der Waals surface area (Å²) in [5.41, 5.74) is 0.714. The molecule has 8 heteroatoms. The molecule has 0 saturated carbocycles. The zero-order chi connectivity index (χ0) is 22.6. The summed E-state index contributed by atoms with van der Waals surface area (Å²) in [7, 11) is 0. The number of hydrogen-bond acceptors (Lipinski definition) is 4. The molecular weight excluding hydrogens is 419 g/mol. The van der Waals surface area contributed by atoms with E-state index in [4.69, 9.17) is 4.74 Å². The maximum atomic E-state index is 12.7. The van der Waals surface area contributed by atoms with Crippen molar-refractivity contribution in [3.63, 3.8) is 0 Å². The van der Waals surface area contributed by atoms with Crippen LogP contribution in [-0.4, -0.2) is 47.6 Å². The maximum Gasteiger partial charge on any atom is 0.416 e. The molecule has 1 aromatic carbocycles. The van der Waals surface area contributed by atoms with E-state index >= 15 is 0 Å². The van der Waals surface area contributed by atoms with Crippen molar-refractivity contribution in [1.82, 2.24) is 15.2 Å². The van der Waals surface area contributed by atoms with E-state index in [1.807, 2.05) is 0 Å². The topological polar surface area (TPSA) is 54.5 Å². The molecule has 1 aromatic heterocycles. The van der Waals surface area contributed by atoms with Crippen LogP contribution in [0.25, 0.3) is 0 Å². The Bertz CT molecular complexity index is 895. The minimum absolute atomic E-state index is 0.0840. The van der Waals surface area contributed by atoms with Crippen LogP contribution in [0.2, 0.25) is 0 Å². The molecule has 3 heterocycles. The van der Waals surface area contributed by atoms with Gasteiger partial charge in [0.05, 0.1) is 11.2 Å². The first-order chi connectivity index (χ1) is 15.3. The third-order valence-electron chi connectivity index (χ3n) is 6.54. The quantitative estimate of drug-likeness (QED) is 0.743. The number of nitrogens with one attached hydrogen (secondary N) is 1. The highest BCUT2D eigenvalue weighted by Crippen LogP contribution is 2.38. The second-order valence-corrected chi connectivity index (χ2v) is 8.81. The number of benzene rings is 1. The Morgan fingerprint density at radius 1 is 1.12 bits per heavy atom. The van der Waals surface area contributed by atoms with Gasteiger partial charge in [0, 0.05) is 50.7 Å². The monoisotopic (exact) mass is 447 g/mol. The largest absolute Gasteiger partial charge is 0.416 e. The van der Waals surface area contributed by atoms with Crippen LogP contribution in [0.1, 0.15) is 47.2 Å². The lowest BCUT2D eigenvalue weighted by atomic mass is 9.79. The summed E-state index contributed by atoms with van der Waals surface area (Å²) < 4.78 is 44.5. The lowest BCUT2D eigenvalue weighted by molar-refractivity contribution is -0.137. The van der Waals surface area contributed by atoms with Crippen molar-refractivity contribution in [3.8, 4) is 0 Å². The normalized spacial score (nSPS) is 21.4. The number of carbonyl (C=O) groups excluding carboxylic acids is 1. The molecule has 1 unspecified atom stereocenters. The molecule has 2 fully saturated rings. The molecule has 0 radical (unpaired) electrons.